The molecule has 1 amide bonds. The van der Waals surface area contributed by atoms with Gasteiger partial charge in [-0.15, -0.1) is 0 Å². The number of nitrogens with zero attached hydrogens (tertiary/aromatic N) is 5. The Morgan fingerprint density at radius 2 is 1.76 bits per heavy atom. The third kappa shape index (κ3) is 4.93. The third-order valence-corrected chi connectivity index (χ3v) is 6.76. The summed E-state index contributed by atoms with van der Waals surface area (Å²) in [6, 6.07) is 3.62. The fourth-order valence-electron chi connectivity index (χ4n) is 4.46. The minimum Gasteiger partial charge on any atom is -0.493 e. The molecule has 1 saturated heterocycles. The zero-order valence-electron chi connectivity index (χ0n) is 21.8. The van der Waals surface area contributed by atoms with Crippen LogP contribution in [0.1, 0.15) is 39.2 Å². The first kappa shape index (κ1) is 24.5. The SMILES string of the molecule is COc1cc2nc(-c3n[nH]cc3NC(=O)C3CCN(c4ncc(C(C)(C)C)cn4)CC3)[nH]c2cc1OC. The number of fused-ring (bicyclic) bond motifs is 1. The first-order valence-corrected chi connectivity index (χ1v) is 12.3. The molecule has 5 rings (SSSR count). The van der Waals surface area contributed by atoms with Crippen LogP contribution in [0.25, 0.3) is 22.6 Å². The second-order valence-electron chi connectivity index (χ2n) is 10.2. The Bertz CT molecular complexity index is 1350. The van der Waals surface area contributed by atoms with Crippen LogP contribution in [0.3, 0.4) is 0 Å². The summed E-state index contributed by atoms with van der Waals surface area (Å²) in [5.41, 5.74) is 3.71. The Morgan fingerprint density at radius 3 is 2.41 bits per heavy atom. The minimum atomic E-state index is -0.114. The van der Waals surface area contributed by atoms with Gasteiger partial charge < -0.3 is 24.7 Å². The van der Waals surface area contributed by atoms with Gasteiger partial charge in [-0.25, -0.2) is 15.0 Å². The number of methoxy groups -OCH3 is 2. The lowest BCUT2D eigenvalue weighted by atomic mass is 9.89. The molecule has 1 aliphatic rings. The summed E-state index contributed by atoms with van der Waals surface area (Å²) in [5, 5.41) is 10.2. The lowest BCUT2D eigenvalue weighted by molar-refractivity contribution is -0.120. The van der Waals surface area contributed by atoms with Gasteiger partial charge in [0, 0.05) is 49.7 Å². The fourth-order valence-corrected chi connectivity index (χ4v) is 4.46. The average molecular weight is 505 g/mol. The van der Waals surface area contributed by atoms with E-state index in [2.05, 4.69) is 61.1 Å². The number of carbonyl (C=O) groups is 1. The van der Waals surface area contributed by atoms with E-state index < -0.39 is 0 Å². The molecule has 3 aromatic heterocycles. The van der Waals surface area contributed by atoms with Crippen LogP contribution in [-0.2, 0) is 10.2 Å². The number of hydrogen-bond donors (Lipinski definition) is 3. The van der Waals surface area contributed by atoms with Crippen molar-refractivity contribution in [1.29, 1.82) is 0 Å². The Kier molecular flexibility index (Phi) is 6.45. The largest absolute Gasteiger partial charge is 0.493 e. The maximum absolute atomic E-state index is 13.1. The number of piperidine rings is 1. The molecular formula is C26H32N8O3. The van der Waals surface area contributed by atoms with Gasteiger partial charge in [-0.2, -0.15) is 5.10 Å². The quantitative estimate of drug-likeness (QED) is 0.360. The molecule has 1 aliphatic heterocycles. The third-order valence-electron chi connectivity index (χ3n) is 6.76. The number of anilines is 2. The van der Waals surface area contributed by atoms with Crippen LogP contribution in [0.2, 0.25) is 0 Å². The van der Waals surface area contributed by atoms with Crippen molar-refractivity contribution in [1.82, 2.24) is 30.1 Å². The average Bonchev–Trinajstić information content (AvgIpc) is 3.53. The molecule has 0 spiro atoms. The van der Waals surface area contributed by atoms with Gasteiger partial charge in [0.15, 0.2) is 23.0 Å². The smallest absolute Gasteiger partial charge is 0.227 e. The van der Waals surface area contributed by atoms with Gasteiger partial charge in [-0.1, -0.05) is 20.8 Å². The van der Waals surface area contributed by atoms with Crippen LogP contribution in [0.4, 0.5) is 11.6 Å². The maximum Gasteiger partial charge on any atom is 0.227 e. The molecule has 4 aromatic rings. The number of nitrogens with one attached hydrogen (secondary N) is 3. The summed E-state index contributed by atoms with van der Waals surface area (Å²) >= 11 is 0. The zero-order chi connectivity index (χ0) is 26.2. The van der Waals surface area contributed by atoms with Crippen LogP contribution in [0.15, 0.2) is 30.7 Å². The first-order valence-electron chi connectivity index (χ1n) is 12.3. The number of aromatic amines is 2. The molecule has 1 fully saturated rings. The van der Waals surface area contributed by atoms with Crippen molar-refractivity contribution < 1.29 is 14.3 Å². The molecule has 4 heterocycles. The van der Waals surface area contributed by atoms with Crippen LogP contribution in [-0.4, -0.2) is 63.3 Å². The highest BCUT2D eigenvalue weighted by Crippen LogP contribution is 2.34. The molecule has 1 aromatic carbocycles. The molecule has 0 aliphatic carbocycles. The van der Waals surface area contributed by atoms with Crippen LogP contribution in [0.5, 0.6) is 11.5 Å². The summed E-state index contributed by atoms with van der Waals surface area (Å²) < 4.78 is 10.8. The summed E-state index contributed by atoms with van der Waals surface area (Å²) in [4.78, 5) is 32.3. The predicted octanol–water partition coefficient (Wildman–Crippen LogP) is 3.91. The van der Waals surface area contributed by atoms with Crippen LogP contribution >= 0.6 is 0 Å². The normalized spacial score (nSPS) is 14.7. The number of benzene rings is 1. The Labute approximate surface area is 215 Å². The Balaban J connectivity index is 1.25. The number of aromatic nitrogens is 6. The number of ether oxygens (including phenoxy) is 2. The van der Waals surface area contributed by atoms with E-state index in [9.17, 15) is 4.79 Å². The molecule has 0 bridgehead atoms. The lowest BCUT2D eigenvalue weighted by Gasteiger charge is -2.31. The fraction of sp³-hybridized carbons (Fsp3) is 0.423. The van der Waals surface area contributed by atoms with Crippen LogP contribution in [0, 0.1) is 5.92 Å². The summed E-state index contributed by atoms with van der Waals surface area (Å²) in [7, 11) is 3.17. The van der Waals surface area contributed by atoms with Crippen molar-refractivity contribution in [2.24, 2.45) is 5.92 Å². The van der Waals surface area contributed by atoms with E-state index in [-0.39, 0.29) is 17.2 Å². The second-order valence-corrected chi connectivity index (χ2v) is 10.2. The highest BCUT2D eigenvalue weighted by Gasteiger charge is 2.28. The second kappa shape index (κ2) is 9.72. The van der Waals surface area contributed by atoms with E-state index in [1.54, 1.807) is 26.5 Å². The van der Waals surface area contributed by atoms with E-state index in [0.29, 0.717) is 53.0 Å². The minimum absolute atomic E-state index is 0.0116. The van der Waals surface area contributed by atoms with E-state index in [0.717, 1.165) is 24.2 Å². The predicted molar refractivity (Wildman–Crippen MR) is 141 cm³/mol. The van der Waals surface area contributed by atoms with Gasteiger partial charge in [0.25, 0.3) is 0 Å². The molecule has 0 atom stereocenters. The van der Waals surface area contributed by atoms with Crippen LogP contribution < -0.4 is 19.7 Å². The highest BCUT2D eigenvalue weighted by atomic mass is 16.5. The Hall–Kier alpha value is -4.15. The molecule has 37 heavy (non-hydrogen) atoms. The summed E-state index contributed by atoms with van der Waals surface area (Å²) in [5.74, 6) is 2.28. The number of rotatable bonds is 6. The van der Waals surface area contributed by atoms with E-state index in [4.69, 9.17) is 9.47 Å². The van der Waals surface area contributed by atoms with Crippen molar-refractivity contribution >= 4 is 28.6 Å². The van der Waals surface area contributed by atoms with Gasteiger partial charge in [0.2, 0.25) is 11.9 Å². The Morgan fingerprint density at radius 1 is 1.08 bits per heavy atom. The highest BCUT2D eigenvalue weighted by molar-refractivity contribution is 5.96. The van der Waals surface area contributed by atoms with Gasteiger partial charge >= 0.3 is 0 Å². The maximum atomic E-state index is 13.1. The topological polar surface area (TPSA) is 134 Å². The standard InChI is InChI=1S/C26H32N8O3/c1-26(2,3)16-12-27-25(28-13-16)34-8-6-15(7-9-34)24(35)32-19-14-29-33-22(19)23-30-17-10-20(36-4)21(37-5)11-18(17)31-23/h10-15H,6-9H2,1-5H3,(H,29,33)(H,30,31)(H,32,35). The number of carbonyl (C=O) groups excluding carboxylic acids is 1. The zero-order valence-corrected chi connectivity index (χ0v) is 21.8. The van der Waals surface area contributed by atoms with Crippen molar-refractivity contribution in [2.45, 2.75) is 39.0 Å². The first-order chi connectivity index (χ1) is 17.8. The van der Waals surface area contributed by atoms with Crippen molar-refractivity contribution in [3.8, 4) is 23.0 Å². The van der Waals surface area contributed by atoms with Crippen molar-refractivity contribution in [3.05, 3.63) is 36.3 Å². The van der Waals surface area contributed by atoms with Gasteiger partial charge in [0.1, 0.15) is 0 Å². The summed E-state index contributed by atoms with van der Waals surface area (Å²) in [6.45, 7) is 7.87. The number of amides is 1. The van der Waals surface area contributed by atoms with Crippen molar-refractivity contribution in [2.75, 3.05) is 37.5 Å². The lowest BCUT2D eigenvalue weighted by Crippen LogP contribution is -2.39. The summed E-state index contributed by atoms with van der Waals surface area (Å²) in [6.07, 6.45) is 6.89. The number of hydrogen-bond acceptors (Lipinski definition) is 8. The molecule has 11 heteroatoms. The molecule has 3 N–H and O–H groups in total. The molecule has 194 valence electrons. The molecule has 0 radical (unpaired) electrons. The molecule has 0 saturated carbocycles. The van der Waals surface area contributed by atoms with Crippen molar-refractivity contribution in [3.63, 3.8) is 0 Å². The van der Waals surface area contributed by atoms with Gasteiger partial charge in [-0.3, -0.25) is 9.89 Å². The molecule has 11 nitrogen and oxygen atoms in total. The van der Waals surface area contributed by atoms with E-state index in [1.165, 1.54) is 0 Å². The van der Waals surface area contributed by atoms with E-state index in [1.807, 2.05) is 18.5 Å². The van der Waals surface area contributed by atoms with Gasteiger partial charge in [-0.05, 0) is 23.8 Å². The molecular weight excluding hydrogens is 472 g/mol. The van der Waals surface area contributed by atoms with Gasteiger partial charge in [0.05, 0.1) is 30.9 Å². The molecule has 0 unspecified atom stereocenters. The monoisotopic (exact) mass is 504 g/mol. The number of imidazole rings is 1. The number of H-pyrrole nitrogens is 2. The van der Waals surface area contributed by atoms with E-state index >= 15 is 0 Å².